The highest BCUT2D eigenvalue weighted by molar-refractivity contribution is 14.0. The average molecular weight is 511 g/mol. The summed E-state index contributed by atoms with van der Waals surface area (Å²) in [5.74, 6) is 0.948. The van der Waals surface area contributed by atoms with Crippen LogP contribution in [0.1, 0.15) is 64.7 Å². The Morgan fingerprint density at radius 3 is 2.50 bits per heavy atom. The first kappa shape index (κ1) is 25.9. The lowest BCUT2D eigenvalue weighted by molar-refractivity contribution is 0.0377. The normalized spacial score (nSPS) is 19.7. The van der Waals surface area contributed by atoms with E-state index in [1.807, 2.05) is 0 Å². The molecule has 2 rings (SSSR count). The molecule has 1 aliphatic carbocycles. The summed E-state index contributed by atoms with van der Waals surface area (Å²) in [6.07, 6.45) is 11.9. The van der Waals surface area contributed by atoms with Gasteiger partial charge in [0.15, 0.2) is 5.96 Å². The van der Waals surface area contributed by atoms with E-state index in [1.165, 1.54) is 38.5 Å². The molecule has 0 aromatic heterocycles. The van der Waals surface area contributed by atoms with E-state index in [0.29, 0.717) is 6.10 Å². The Morgan fingerprint density at radius 1 is 1.04 bits per heavy atom. The summed E-state index contributed by atoms with van der Waals surface area (Å²) in [5, 5.41) is 6.80. The third-order valence-corrected chi connectivity index (χ3v) is 5.37. The molecule has 0 bridgehead atoms. The Hall–Kier alpha value is -0.120. The number of hydrogen-bond acceptors (Lipinski definition) is 4. The number of ether oxygens (including phenoxy) is 2. The van der Waals surface area contributed by atoms with E-state index in [0.717, 1.165) is 84.3 Å². The molecule has 0 aromatic rings. The zero-order chi connectivity index (χ0) is 19.0. The predicted molar refractivity (Wildman–Crippen MR) is 128 cm³/mol. The van der Waals surface area contributed by atoms with Crippen LogP contribution in [0.5, 0.6) is 0 Å². The molecule has 2 fully saturated rings. The summed E-state index contributed by atoms with van der Waals surface area (Å²) < 4.78 is 11.5. The van der Waals surface area contributed by atoms with Crippen molar-refractivity contribution in [3.8, 4) is 0 Å². The molecule has 0 unspecified atom stereocenters. The first-order valence-electron chi connectivity index (χ1n) is 11.3. The highest BCUT2D eigenvalue weighted by Crippen LogP contribution is 2.19. The van der Waals surface area contributed by atoms with E-state index >= 15 is 0 Å². The van der Waals surface area contributed by atoms with Gasteiger partial charge >= 0.3 is 0 Å². The van der Waals surface area contributed by atoms with E-state index in [-0.39, 0.29) is 24.0 Å². The van der Waals surface area contributed by atoms with Crippen LogP contribution in [0.3, 0.4) is 0 Å². The van der Waals surface area contributed by atoms with Gasteiger partial charge in [-0.3, -0.25) is 9.89 Å². The Labute approximate surface area is 189 Å². The number of guanidine groups is 1. The van der Waals surface area contributed by atoms with Crippen LogP contribution in [0.25, 0.3) is 0 Å². The molecule has 2 N–H and O–H groups in total. The zero-order valence-corrected chi connectivity index (χ0v) is 20.3. The second-order valence-corrected chi connectivity index (χ2v) is 7.69. The molecular weight excluding hydrogens is 467 g/mol. The van der Waals surface area contributed by atoms with Crippen molar-refractivity contribution in [2.75, 3.05) is 59.1 Å². The van der Waals surface area contributed by atoms with Crippen molar-refractivity contribution in [2.24, 2.45) is 4.99 Å². The Kier molecular flexibility index (Phi) is 16.4. The maximum atomic E-state index is 6.07. The van der Waals surface area contributed by atoms with Crippen LogP contribution in [-0.2, 0) is 9.47 Å². The fraction of sp³-hybridized carbons (Fsp3) is 0.952. The van der Waals surface area contributed by atoms with Crippen molar-refractivity contribution in [1.29, 1.82) is 0 Å². The van der Waals surface area contributed by atoms with Gasteiger partial charge in [-0.1, -0.05) is 25.7 Å². The van der Waals surface area contributed by atoms with Gasteiger partial charge in [0.1, 0.15) is 0 Å². The SMILES string of the molecule is CCNC(=NCCCN1CCOCC1)NCCCCOC1CCCCCC1.I. The summed E-state index contributed by atoms with van der Waals surface area (Å²) >= 11 is 0. The van der Waals surface area contributed by atoms with Crippen LogP contribution in [0.15, 0.2) is 4.99 Å². The number of rotatable bonds is 11. The van der Waals surface area contributed by atoms with Gasteiger partial charge in [0.2, 0.25) is 0 Å². The molecule has 0 amide bonds. The molecule has 0 atom stereocenters. The molecule has 1 saturated carbocycles. The third-order valence-electron chi connectivity index (χ3n) is 5.37. The van der Waals surface area contributed by atoms with Crippen LogP contribution >= 0.6 is 24.0 Å². The van der Waals surface area contributed by atoms with E-state index in [4.69, 9.17) is 14.5 Å². The third kappa shape index (κ3) is 12.4. The van der Waals surface area contributed by atoms with Gasteiger partial charge in [0.25, 0.3) is 0 Å². The fourth-order valence-electron chi connectivity index (χ4n) is 3.74. The molecule has 1 saturated heterocycles. The molecule has 28 heavy (non-hydrogen) atoms. The second kappa shape index (κ2) is 17.7. The molecule has 0 aromatic carbocycles. The van der Waals surface area contributed by atoms with Crippen LogP contribution in [0.4, 0.5) is 0 Å². The highest BCUT2D eigenvalue weighted by atomic mass is 127. The summed E-state index contributed by atoms with van der Waals surface area (Å²) in [6, 6.07) is 0. The minimum absolute atomic E-state index is 0. The summed E-state index contributed by atoms with van der Waals surface area (Å²) in [4.78, 5) is 7.17. The zero-order valence-electron chi connectivity index (χ0n) is 17.9. The largest absolute Gasteiger partial charge is 0.379 e. The van der Waals surface area contributed by atoms with Crippen molar-refractivity contribution in [2.45, 2.75) is 70.8 Å². The van der Waals surface area contributed by atoms with E-state index in [1.54, 1.807) is 0 Å². The van der Waals surface area contributed by atoms with E-state index < -0.39 is 0 Å². The first-order chi connectivity index (χ1) is 13.4. The molecular formula is C21H43IN4O2. The lowest BCUT2D eigenvalue weighted by Crippen LogP contribution is -2.38. The van der Waals surface area contributed by atoms with E-state index in [9.17, 15) is 0 Å². The number of nitrogens with one attached hydrogen (secondary N) is 2. The maximum Gasteiger partial charge on any atom is 0.191 e. The van der Waals surface area contributed by atoms with Crippen LogP contribution < -0.4 is 10.6 Å². The molecule has 1 aliphatic heterocycles. The standard InChI is InChI=1S/C21H42N4O2.HI/c1-2-22-21(24-13-9-14-25-15-18-26-19-16-25)23-12-7-8-17-27-20-10-5-3-4-6-11-20;/h20H,2-19H2,1H3,(H2,22,23,24);1H. The topological polar surface area (TPSA) is 58.1 Å². The molecule has 7 heteroatoms. The van der Waals surface area contributed by atoms with Gasteiger partial charge < -0.3 is 20.1 Å². The Balaban J connectivity index is 0.00000392. The van der Waals surface area contributed by atoms with E-state index in [2.05, 4.69) is 22.5 Å². The van der Waals surface area contributed by atoms with Gasteiger partial charge in [0.05, 0.1) is 19.3 Å². The monoisotopic (exact) mass is 510 g/mol. The quantitative estimate of drug-likeness (QED) is 0.147. The van der Waals surface area contributed by atoms with Crippen LogP contribution in [-0.4, -0.2) is 76.1 Å². The smallest absolute Gasteiger partial charge is 0.191 e. The minimum Gasteiger partial charge on any atom is -0.379 e. The van der Waals surface area contributed by atoms with Crippen molar-refractivity contribution >= 4 is 29.9 Å². The number of aliphatic imine (C=N–C) groups is 1. The Bertz CT molecular complexity index is 385. The predicted octanol–water partition coefficient (Wildman–Crippen LogP) is 3.40. The summed E-state index contributed by atoms with van der Waals surface area (Å²) in [6.45, 7) is 10.7. The summed E-state index contributed by atoms with van der Waals surface area (Å²) in [5.41, 5.74) is 0. The van der Waals surface area contributed by atoms with Gasteiger partial charge in [0, 0.05) is 45.9 Å². The van der Waals surface area contributed by atoms with Gasteiger partial charge in [-0.25, -0.2) is 0 Å². The molecule has 6 nitrogen and oxygen atoms in total. The maximum absolute atomic E-state index is 6.07. The van der Waals surface area contributed by atoms with Crippen molar-refractivity contribution < 1.29 is 9.47 Å². The molecule has 0 radical (unpaired) electrons. The van der Waals surface area contributed by atoms with Crippen molar-refractivity contribution in [1.82, 2.24) is 15.5 Å². The highest BCUT2D eigenvalue weighted by Gasteiger charge is 2.12. The first-order valence-corrected chi connectivity index (χ1v) is 11.3. The number of halogens is 1. The average Bonchev–Trinajstić information content (AvgIpc) is 2.97. The number of nitrogens with zero attached hydrogens (tertiary/aromatic N) is 2. The van der Waals surface area contributed by atoms with Gasteiger partial charge in [-0.05, 0) is 39.0 Å². The number of morpholine rings is 1. The lowest BCUT2D eigenvalue weighted by Gasteiger charge is -2.26. The van der Waals surface area contributed by atoms with Crippen molar-refractivity contribution in [3.63, 3.8) is 0 Å². The van der Waals surface area contributed by atoms with Crippen molar-refractivity contribution in [3.05, 3.63) is 0 Å². The van der Waals surface area contributed by atoms with Gasteiger partial charge in [-0.15, -0.1) is 24.0 Å². The summed E-state index contributed by atoms with van der Waals surface area (Å²) in [7, 11) is 0. The second-order valence-electron chi connectivity index (χ2n) is 7.69. The molecule has 0 spiro atoms. The lowest BCUT2D eigenvalue weighted by atomic mass is 10.1. The van der Waals surface area contributed by atoms with Gasteiger partial charge in [-0.2, -0.15) is 0 Å². The molecule has 2 aliphatic rings. The fourth-order valence-corrected chi connectivity index (χ4v) is 3.74. The van der Waals surface area contributed by atoms with Crippen LogP contribution in [0.2, 0.25) is 0 Å². The molecule has 1 heterocycles. The van der Waals surface area contributed by atoms with Crippen LogP contribution in [0, 0.1) is 0 Å². The Morgan fingerprint density at radius 2 is 1.79 bits per heavy atom. The number of hydrogen-bond donors (Lipinski definition) is 2. The number of unbranched alkanes of at least 4 members (excludes halogenated alkanes) is 1. The minimum atomic E-state index is 0. The molecule has 166 valence electrons.